The number of aryl methyl sites for hydroxylation is 1. The van der Waals surface area contributed by atoms with Gasteiger partial charge < -0.3 is 19.9 Å². The van der Waals surface area contributed by atoms with Gasteiger partial charge in [-0.25, -0.2) is 0 Å². The smallest absolute Gasteiger partial charge is 0.305 e. The van der Waals surface area contributed by atoms with Crippen molar-refractivity contribution in [3.63, 3.8) is 0 Å². The number of hydrogen-bond donors (Lipinski definition) is 3. The number of carboxylic acids is 1. The Morgan fingerprint density at radius 1 is 1.45 bits per heavy atom. The fraction of sp³-hybridized carbons (Fsp3) is 0.538. The van der Waals surface area contributed by atoms with Gasteiger partial charge in [-0.05, 0) is 6.54 Å². The summed E-state index contributed by atoms with van der Waals surface area (Å²) in [4.78, 5) is 24.1. The topological polar surface area (TPSA) is 103 Å². The van der Waals surface area contributed by atoms with Gasteiger partial charge in [0.05, 0.1) is 19.2 Å². The molecule has 0 aliphatic rings. The van der Waals surface area contributed by atoms with Gasteiger partial charge in [-0.3, -0.25) is 14.5 Å². The molecule has 0 bridgehead atoms. The largest absolute Gasteiger partial charge is 0.503 e. The summed E-state index contributed by atoms with van der Waals surface area (Å²) >= 11 is 0. The van der Waals surface area contributed by atoms with E-state index in [0.717, 1.165) is 0 Å². The maximum atomic E-state index is 11.5. The van der Waals surface area contributed by atoms with E-state index in [9.17, 15) is 14.7 Å². The molecule has 0 spiro atoms. The number of aliphatic hydroxyl groups excluding tert-OH is 1. The van der Waals surface area contributed by atoms with Gasteiger partial charge in [0.2, 0.25) is 5.43 Å². The average Bonchev–Trinajstić information content (AvgIpc) is 2.40. The minimum atomic E-state index is -0.947. The molecule has 0 unspecified atom stereocenters. The molecule has 112 valence electrons. The first-order chi connectivity index (χ1) is 9.47. The van der Waals surface area contributed by atoms with Gasteiger partial charge in [0.1, 0.15) is 0 Å². The molecule has 0 amide bonds. The van der Waals surface area contributed by atoms with E-state index in [2.05, 4.69) is 0 Å². The number of rotatable bonds is 8. The summed E-state index contributed by atoms with van der Waals surface area (Å²) in [6.45, 7) is 3.67. The van der Waals surface area contributed by atoms with Crippen molar-refractivity contribution in [1.29, 1.82) is 0 Å². The average molecular weight is 284 g/mol. The molecule has 0 saturated carbocycles. The van der Waals surface area contributed by atoms with Crippen LogP contribution in [0.5, 0.6) is 5.75 Å². The number of pyridine rings is 1. The number of likely N-dealkylation sites (N-methyl/N-ethyl adjacent to an activating group) is 1. The fourth-order valence-corrected chi connectivity index (χ4v) is 1.88. The highest BCUT2D eigenvalue weighted by Crippen LogP contribution is 2.09. The summed E-state index contributed by atoms with van der Waals surface area (Å²) in [6, 6.07) is 1.30. The van der Waals surface area contributed by atoms with Gasteiger partial charge in [-0.15, -0.1) is 0 Å². The highest BCUT2D eigenvalue weighted by molar-refractivity contribution is 5.66. The van der Waals surface area contributed by atoms with Crippen molar-refractivity contribution in [1.82, 2.24) is 9.47 Å². The molecule has 20 heavy (non-hydrogen) atoms. The van der Waals surface area contributed by atoms with Crippen LogP contribution in [0.1, 0.15) is 19.0 Å². The van der Waals surface area contributed by atoms with Crippen molar-refractivity contribution in [3.8, 4) is 5.75 Å². The minimum Gasteiger partial charge on any atom is -0.503 e. The Kier molecular flexibility index (Phi) is 6.20. The monoisotopic (exact) mass is 284 g/mol. The van der Waals surface area contributed by atoms with Crippen LogP contribution in [-0.2, 0) is 17.9 Å². The summed E-state index contributed by atoms with van der Waals surface area (Å²) in [7, 11) is 0. The van der Waals surface area contributed by atoms with E-state index in [-0.39, 0.29) is 19.6 Å². The van der Waals surface area contributed by atoms with Gasteiger partial charge in [-0.1, -0.05) is 6.92 Å². The molecular weight excluding hydrogens is 264 g/mol. The number of aromatic nitrogens is 1. The Bertz CT molecular complexity index is 512. The number of carbonyl (C=O) groups is 1. The lowest BCUT2D eigenvalue weighted by Crippen LogP contribution is -2.28. The molecule has 0 saturated heterocycles. The zero-order valence-electron chi connectivity index (χ0n) is 11.4. The van der Waals surface area contributed by atoms with E-state index in [1.165, 1.54) is 12.3 Å². The van der Waals surface area contributed by atoms with Gasteiger partial charge >= 0.3 is 5.97 Å². The molecule has 0 aliphatic carbocycles. The van der Waals surface area contributed by atoms with E-state index < -0.39 is 17.1 Å². The van der Waals surface area contributed by atoms with E-state index >= 15 is 0 Å². The number of aromatic hydroxyl groups is 1. The number of hydrogen-bond acceptors (Lipinski definition) is 5. The summed E-state index contributed by atoms with van der Waals surface area (Å²) in [5, 5.41) is 27.1. The van der Waals surface area contributed by atoms with Crippen molar-refractivity contribution < 1.29 is 20.1 Å². The van der Waals surface area contributed by atoms with Crippen molar-refractivity contribution in [2.24, 2.45) is 0 Å². The first-order valence-corrected chi connectivity index (χ1v) is 6.45. The van der Waals surface area contributed by atoms with Crippen LogP contribution in [0.15, 0.2) is 17.1 Å². The SMILES string of the molecule is CCN(CCO)Cc1cc(=O)c(O)cn1CCC(=O)O. The fourth-order valence-electron chi connectivity index (χ4n) is 1.88. The van der Waals surface area contributed by atoms with Crippen molar-refractivity contribution in [2.45, 2.75) is 26.4 Å². The van der Waals surface area contributed by atoms with Crippen molar-refractivity contribution >= 4 is 5.97 Å². The standard InChI is InChI=1S/C13H20N2O5/c1-2-14(5-6-16)8-10-7-11(17)12(18)9-15(10)4-3-13(19)20/h7,9,16,18H,2-6,8H2,1H3,(H,19,20). The molecule has 1 heterocycles. The Morgan fingerprint density at radius 3 is 2.70 bits per heavy atom. The molecular formula is C13H20N2O5. The van der Waals surface area contributed by atoms with Crippen LogP contribution in [-0.4, -0.2) is 50.5 Å². The summed E-state index contributed by atoms with van der Waals surface area (Å²) in [5.74, 6) is -1.35. The minimum absolute atomic E-state index is 0.00524. The normalized spacial score (nSPS) is 10.9. The lowest BCUT2D eigenvalue weighted by Gasteiger charge is -2.22. The molecule has 7 heteroatoms. The molecule has 3 N–H and O–H groups in total. The molecule has 0 aliphatic heterocycles. The third-order valence-corrected chi connectivity index (χ3v) is 3.01. The van der Waals surface area contributed by atoms with Crippen molar-refractivity contribution in [3.05, 3.63) is 28.2 Å². The van der Waals surface area contributed by atoms with Crippen LogP contribution in [0.2, 0.25) is 0 Å². The van der Waals surface area contributed by atoms with Gasteiger partial charge in [0.25, 0.3) is 0 Å². The van der Waals surface area contributed by atoms with E-state index in [0.29, 0.717) is 25.3 Å². The summed E-state index contributed by atoms with van der Waals surface area (Å²) in [6.07, 6.45) is 1.16. The van der Waals surface area contributed by atoms with Crippen molar-refractivity contribution in [2.75, 3.05) is 19.7 Å². The lowest BCUT2D eigenvalue weighted by atomic mass is 10.2. The predicted molar refractivity (Wildman–Crippen MR) is 72.7 cm³/mol. The molecule has 1 aromatic rings. The van der Waals surface area contributed by atoms with Crippen LogP contribution in [0.4, 0.5) is 0 Å². The van der Waals surface area contributed by atoms with E-state index in [4.69, 9.17) is 10.2 Å². The number of aliphatic hydroxyl groups is 1. The third kappa shape index (κ3) is 4.67. The Labute approximate surface area is 116 Å². The first-order valence-electron chi connectivity index (χ1n) is 6.45. The molecule has 0 fully saturated rings. The zero-order chi connectivity index (χ0) is 15.1. The Hall–Kier alpha value is -1.86. The van der Waals surface area contributed by atoms with Gasteiger partial charge in [-0.2, -0.15) is 0 Å². The predicted octanol–water partition coefficient (Wildman–Crippen LogP) is -0.157. The molecule has 0 radical (unpaired) electrons. The van der Waals surface area contributed by atoms with Crippen LogP contribution in [0.25, 0.3) is 0 Å². The molecule has 1 rings (SSSR count). The Balaban J connectivity index is 2.98. The maximum absolute atomic E-state index is 11.5. The van der Waals surface area contributed by atoms with E-state index in [1.807, 2.05) is 11.8 Å². The highest BCUT2D eigenvalue weighted by atomic mass is 16.4. The zero-order valence-corrected chi connectivity index (χ0v) is 11.4. The van der Waals surface area contributed by atoms with Gasteiger partial charge in [0, 0.05) is 31.4 Å². The van der Waals surface area contributed by atoms with Crippen LogP contribution < -0.4 is 5.43 Å². The maximum Gasteiger partial charge on any atom is 0.305 e. The second kappa shape index (κ2) is 7.66. The van der Waals surface area contributed by atoms with Crippen LogP contribution in [0.3, 0.4) is 0 Å². The lowest BCUT2D eigenvalue weighted by molar-refractivity contribution is -0.137. The van der Waals surface area contributed by atoms with Crippen LogP contribution >= 0.6 is 0 Å². The van der Waals surface area contributed by atoms with Gasteiger partial charge in [0.15, 0.2) is 5.75 Å². The van der Waals surface area contributed by atoms with E-state index in [1.54, 1.807) is 4.57 Å². The number of carboxylic acid groups (broad SMARTS) is 1. The van der Waals surface area contributed by atoms with Crippen LogP contribution in [0, 0.1) is 0 Å². The number of nitrogens with zero attached hydrogens (tertiary/aromatic N) is 2. The summed E-state index contributed by atoms with van der Waals surface area (Å²) in [5.41, 5.74) is 0.121. The third-order valence-electron chi connectivity index (χ3n) is 3.01. The first kappa shape index (κ1) is 16.2. The summed E-state index contributed by atoms with van der Waals surface area (Å²) < 4.78 is 1.56. The second-order valence-corrected chi connectivity index (χ2v) is 4.44. The Morgan fingerprint density at radius 2 is 2.15 bits per heavy atom. The quantitative estimate of drug-likeness (QED) is 0.613. The molecule has 0 atom stereocenters. The highest BCUT2D eigenvalue weighted by Gasteiger charge is 2.10. The molecule has 1 aromatic heterocycles. The molecule has 7 nitrogen and oxygen atoms in total. The molecule has 0 aromatic carbocycles. The second-order valence-electron chi connectivity index (χ2n) is 4.44. The number of aliphatic carboxylic acids is 1.